The van der Waals surface area contributed by atoms with Crippen LogP contribution in [0.2, 0.25) is 10.0 Å². The molecule has 4 fully saturated rings. The Balaban J connectivity index is 0.000000137. The lowest BCUT2D eigenvalue weighted by atomic mass is 10.0. The molecule has 12 aromatic rings. The number of amides is 8. The van der Waals surface area contributed by atoms with Crippen LogP contribution in [0.3, 0.4) is 0 Å². The Hall–Kier alpha value is -14.2. The third-order valence-electron chi connectivity index (χ3n) is 19.7. The number of likely N-dealkylation sites (tertiary alicyclic amines) is 4. The molecule has 0 saturated carbocycles. The standard InChI is InChI=1S/C22H17F3N4O3.2C21H17ClN4O3.C20H17N5O3/c1-28-10-8-21(32,20(28)31)7-5-13-3-2-4-14(11-13)17-16-12-15(22(23,24)25)6-9-29(16)19(27-17)18(26)30;1-25-10-8-21(29,20(25)28)7-5-13-3-2-4-14(11-13)17-16-12-15(22)6-9-26(16)19(24-17)18(23)27;1-25-10-9-21(29,20(25)28)8-7-13-3-2-4-14(11-13)17-16-6-5-15(22)12-26(16)19(24-17)18(23)27;1-24-9-7-20(28,19(24)27)6-5-13-3-2-4-14(11-13)16-15-12-22-8-10-25(15)18(23-16)17(21)26/h2-4,6,9,11-12,32H,8,10H2,1H3,(H2,26,30);2-4,6,9,11-12,29H,8,10H2,1H3,(H2,23,27);2-6,11-12,29H,9-10H2,1H3,(H2,23,27);2-4,8,10-12,28H,7,9H2,1H3,(H2,21,26)/t3*21-;20-/m0000/s1. The lowest BCUT2D eigenvalue weighted by molar-refractivity contribution is -0.138. The van der Waals surface area contributed by atoms with E-state index in [1.54, 1.807) is 176 Å². The first kappa shape index (κ1) is 81.8. The molecule has 118 heavy (non-hydrogen) atoms. The zero-order valence-electron chi connectivity index (χ0n) is 62.9. The molecule has 4 saturated heterocycles. The number of hydrogen-bond acceptors (Lipinski definition) is 17. The van der Waals surface area contributed by atoms with E-state index in [9.17, 15) is 72.0 Å². The van der Waals surface area contributed by atoms with Crippen LogP contribution in [0.5, 0.6) is 0 Å². The van der Waals surface area contributed by atoms with Crippen molar-refractivity contribution in [1.29, 1.82) is 0 Å². The van der Waals surface area contributed by atoms with Crippen LogP contribution >= 0.6 is 23.2 Å². The number of likely N-dealkylation sites (N-methyl/N-ethyl adjacent to an activating group) is 4. The molecule has 12 N–H and O–H groups in total. The Kier molecular flexibility index (Phi) is 22.3. The van der Waals surface area contributed by atoms with Gasteiger partial charge in [0.05, 0.1) is 61.6 Å². The van der Waals surface area contributed by atoms with Gasteiger partial charge in [-0.15, -0.1) is 0 Å². The molecule has 0 unspecified atom stereocenters. The minimum atomic E-state index is -4.58. The zero-order valence-corrected chi connectivity index (χ0v) is 64.4. The second-order valence-corrected chi connectivity index (χ2v) is 28.8. The zero-order chi connectivity index (χ0) is 84.7. The maximum atomic E-state index is 13.2. The van der Waals surface area contributed by atoms with Crippen LogP contribution in [-0.2, 0) is 25.4 Å². The summed E-state index contributed by atoms with van der Waals surface area (Å²) in [6.45, 7) is 1.76. The number of imidazole rings is 4. The first-order chi connectivity index (χ1) is 55.9. The summed E-state index contributed by atoms with van der Waals surface area (Å²) < 4.78 is 45.6. The monoisotopic (exact) mass is 1630 g/mol. The molecule has 8 aromatic heterocycles. The minimum absolute atomic E-state index is 0.0463. The Morgan fingerprint density at radius 1 is 0.407 bits per heavy atom. The van der Waals surface area contributed by atoms with Gasteiger partial charge in [-0.3, -0.25) is 60.9 Å². The molecule has 4 aliphatic rings. The molecule has 4 aliphatic heterocycles. The second kappa shape index (κ2) is 32.2. The van der Waals surface area contributed by atoms with E-state index in [1.165, 1.54) is 24.0 Å². The molecule has 34 heteroatoms. The first-order valence-corrected chi connectivity index (χ1v) is 36.6. The summed E-state index contributed by atoms with van der Waals surface area (Å²) in [6, 6.07) is 36.4. The fourth-order valence-electron chi connectivity index (χ4n) is 13.4. The van der Waals surface area contributed by atoms with Gasteiger partial charge in [-0.05, 0) is 84.9 Å². The molecule has 0 aliphatic carbocycles. The van der Waals surface area contributed by atoms with Gasteiger partial charge in [0.25, 0.3) is 47.3 Å². The number of nitrogens with zero attached hydrogens (tertiary/aromatic N) is 13. The van der Waals surface area contributed by atoms with Crippen molar-refractivity contribution in [3.05, 3.63) is 232 Å². The predicted octanol–water partition coefficient (Wildman–Crippen LogP) is 5.90. The highest BCUT2D eigenvalue weighted by molar-refractivity contribution is 6.31. The van der Waals surface area contributed by atoms with Gasteiger partial charge < -0.3 is 63.0 Å². The van der Waals surface area contributed by atoms with E-state index < -0.39 is 81.4 Å². The number of pyridine rings is 3. The molecule has 4 atom stereocenters. The number of halogens is 5. The number of fused-ring (bicyclic) bond motifs is 4. The van der Waals surface area contributed by atoms with Gasteiger partial charge in [0.15, 0.2) is 0 Å². The molecule has 0 bridgehead atoms. The number of rotatable bonds is 8. The Morgan fingerprint density at radius 3 is 1.07 bits per heavy atom. The van der Waals surface area contributed by atoms with E-state index in [-0.39, 0.29) is 60.2 Å². The van der Waals surface area contributed by atoms with Crippen molar-refractivity contribution in [3.8, 4) is 92.4 Å². The minimum Gasteiger partial charge on any atom is -0.369 e. The van der Waals surface area contributed by atoms with Crippen molar-refractivity contribution in [3.63, 3.8) is 0 Å². The van der Waals surface area contributed by atoms with Crippen molar-refractivity contribution >= 4 is 92.5 Å². The predicted molar refractivity (Wildman–Crippen MR) is 426 cm³/mol. The number of nitrogens with two attached hydrogens (primary N) is 4. The lowest BCUT2D eigenvalue weighted by Gasteiger charge is -2.13. The summed E-state index contributed by atoms with van der Waals surface area (Å²) in [6.07, 6.45) is 5.46. The fraction of sp³-hybridized carbons (Fsp3) is 0.202. The summed E-state index contributed by atoms with van der Waals surface area (Å²) in [5.41, 5.74) is 22.5. The Bertz CT molecular complexity index is 6490. The number of carbonyl (C=O) groups excluding carboxylic acids is 8. The number of alkyl halides is 3. The van der Waals surface area contributed by atoms with Crippen molar-refractivity contribution in [2.45, 2.75) is 54.3 Å². The summed E-state index contributed by atoms with van der Waals surface area (Å²) in [5.74, 6) is 17.6. The number of primary amides is 4. The van der Waals surface area contributed by atoms with Crippen LogP contribution in [0.25, 0.3) is 67.1 Å². The summed E-state index contributed by atoms with van der Waals surface area (Å²) in [5, 5.41) is 42.8. The topological polar surface area (TPSA) is 417 Å². The quantitative estimate of drug-likeness (QED) is 0.0821. The molecular weight excluding hydrogens is 1570 g/mol. The highest BCUT2D eigenvalue weighted by atomic mass is 35.5. The number of aliphatic hydroxyl groups is 4. The average Bonchev–Trinajstić information content (AvgIpc) is 1.62. The number of aromatic nitrogens is 9. The molecule has 8 amide bonds. The molecule has 4 aromatic carbocycles. The third kappa shape index (κ3) is 16.6. The van der Waals surface area contributed by atoms with Crippen LogP contribution in [0.4, 0.5) is 13.2 Å². The summed E-state index contributed by atoms with van der Waals surface area (Å²) in [7, 11) is 6.47. The van der Waals surface area contributed by atoms with E-state index in [0.29, 0.717) is 114 Å². The highest BCUT2D eigenvalue weighted by Crippen LogP contribution is 2.36. The maximum Gasteiger partial charge on any atom is 0.416 e. The van der Waals surface area contributed by atoms with E-state index in [0.717, 1.165) is 18.3 Å². The molecule has 12 heterocycles. The van der Waals surface area contributed by atoms with Crippen LogP contribution in [0.1, 0.15) is 96.0 Å². The van der Waals surface area contributed by atoms with Gasteiger partial charge in [-0.2, -0.15) is 13.2 Å². The van der Waals surface area contributed by atoms with Crippen LogP contribution in [-0.4, -0.2) is 207 Å². The highest BCUT2D eigenvalue weighted by Gasteiger charge is 2.45. The van der Waals surface area contributed by atoms with E-state index >= 15 is 0 Å². The van der Waals surface area contributed by atoms with E-state index in [4.69, 9.17) is 46.1 Å². The molecule has 0 radical (unpaired) electrons. The lowest BCUT2D eigenvalue weighted by Crippen LogP contribution is -2.37. The largest absolute Gasteiger partial charge is 0.416 e. The van der Waals surface area contributed by atoms with Crippen LogP contribution < -0.4 is 22.9 Å². The second-order valence-electron chi connectivity index (χ2n) is 28.0. The van der Waals surface area contributed by atoms with Crippen molar-refractivity contribution in [2.24, 2.45) is 22.9 Å². The van der Waals surface area contributed by atoms with Crippen LogP contribution in [0, 0.1) is 47.4 Å². The molecule has 0 spiro atoms. The maximum absolute atomic E-state index is 13.2. The Morgan fingerprint density at radius 2 is 0.729 bits per heavy atom. The Labute approximate surface area is 678 Å². The number of hydrogen-bond donors (Lipinski definition) is 8. The third-order valence-corrected chi connectivity index (χ3v) is 20.2. The van der Waals surface area contributed by atoms with E-state index in [1.807, 2.05) is 18.2 Å². The van der Waals surface area contributed by atoms with Crippen molar-refractivity contribution < 1.29 is 72.0 Å². The molecule has 16 rings (SSSR count). The van der Waals surface area contributed by atoms with Crippen molar-refractivity contribution in [2.75, 3.05) is 54.4 Å². The average molecular weight is 1640 g/mol. The van der Waals surface area contributed by atoms with Gasteiger partial charge in [0.1, 0.15) is 0 Å². The SMILES string of the molecule is CN1CC[C@@](O)(C#Cc2cccc(-c3nc(C(N)=O)n4cc(Cl)ccc34)c2)C1=O.CN1CC[C@@](O)(C#Cc2cccc(-c3nc(C(N)=O)n4ccc(C(F)(F)F)cc34)c2)C1=O.CN1CC[C@@](O)(C#Cc2cccc(-c3nc(C(N)=O)n4ccc(Cl)cc34)c2)C1=O.CN1CC[C@@](O)(C#Cc2cccc(-c3nc(C(N)=O)n4ccncc34)c2)C1=O. The fourth-order valence-corrected chi connectivity index (χ4v) is 13.7. The molecular formula is C84H68Cl2F3N17O12. The molecule has 596 valence electrons. The number of benzene rings is 4. The van der Waals surface area contributed by atoms with Gasteiger partial charge in [-0.25, -0.2) is 19.9 Å². The van der Waals surface area contributed by atoms with Gasteiger partial charge in [0.2, 0.25) is 45.7 Å². The van der Waals surface area contributed by atoms with E-state index in [2.05, 4.69) is 72.3 Å². The smallest absolute Gasteiger partial charge is 0.369 e. The summed E-state index contributed by atoms with van der Waals surface area (Å²) in [4.78, 5) is 123. The summed E-state index contributed by atoms with van der Waals surface area (Å²) >= 11 is 12.2. The van der Waals surface area contributed by atoms with Gasteiger partial charge in [-0.1, -0.05) is 119 Å². The van der Waals surface area contributed by atoms with Crippen molar-refractivity contribution in [1.82, 2.24) is 62.1 Å². The number of carbonyl (C=O) groups is 8. The first-order valence-electron chi connectivity index (χ1n) is 35.9. The van der Waals surface area contributed by atoms with Gasteiger partial charge in [0, 0.05) is 161 Å². The van der Waals surface area contributed by atoms with Gasteiger partial charge >= 0.3 is 6.18 Å². The van der Waals surface area contributed by atoms with Crippen LogP contribution in [0.15, 0.2) is 171 Å². The normalized spacial score (nSPS) is 18.8. The molecule has 29 nitrogen and oxygen atoms in total.